The molecular weight excluding hydrogens is 333 g/mol. The zero-order valence-corrected chi connectivity index (χ0v) is 14.2. The van der Waals surface area contributed by atoms with Crippen LogP contribution in [0.4, 0.5) is 10.1 Å². The number of hydrogen-bond acceptors (Lipinski definition) is 3. The number of anilines is 1. The summed E-state index contributed by atoms with van der Waals surface area (Å²) < 4.78 is 19.4. The molecule has 0 radical (unpaired) electrons. The number of carbonyl (C=O) groups is 1. The summed E-state index contributed by atoms with van der Waals surface area (Å²) in [4.78, 5) is 13.8. The molecular formula is C17H17ClFN3O2. The number of nitrogens with zero attached hydrogens (tertiary/aromatic N) is 1. The van der Waals surface area contributed by atoms with Gasteiger partial charge in [-0.2, -0.15) is 0 Å². The van der Waals surface area contributed by atoms with Gasteiger partial charge in [-0.3, -0.25) is 10.2 Å². The van der Waals surface area contributed by atoms with Crippen LogP contribution >= 0.6 is 11.6 Å². The molecule has 0 aromatic heterocycles. The Morgan fingerprint density at radius 3 is 2.54 bits per heavy atom. The first-order valence-corrected chi connectivity index (χ1v) is 7.42. The van der Waals surface area contributed by atoms with Crippen molar-refractivity contribution in [2.24, 2.45) is 0 Å². The van der Waals surface area contributed by atoms with Crippen LogP contribution in [0, 0.1) is 11.2 Å². The largest absolute Gasteiger partial charge is 0.495 e. The van der Waals surface area contributed by atoms with E-state index in [1.165, 1.54) is 19.2 Å². The molecule has 2 aromatic rings. The van der Waals surface area contributed by atoms with Crippen LogP contribution in [-0.4, -0.2) is 37.8 Å². The first kappa shape index (κ1) is 17.7. The van der Waals surface area contributed by atoms with E-state index >= 15 is 0 Å². The number of nitrogens with one attached hydrogen (secondary N) is 2. The van der Waals surface area contributed by atoms with Crippen LogP contribution in [0.5, 0.6) is 5.75 Å². The minimum Gasteiger partial charge on any atom is -0.495 e. The van der Waals surface area contributed by atoms with E-state index < -0.39 is 11.7 Å². The normalized spacial score (nSPS) is 10.2. The summed E-state index contributed by atoms with van der Waals surface area (Å²) in [6.07, 6.45) is 0. The lowest BCUT2D eigenvalue weighted by Gasteiger charge is -2.15. The molecule has 0 saturated carbocycles. The van der Waals surface area contributed by atoms with Crippen molar-refractivity contribution in [3.63, 3.8) is 0 Å². The van der Waals surface area contributed by atoms with E-state index in [0.717, 1.165) is 6.07 Å². The summed E-state index contributed by atoms with van der Waals surface area (Å²) in [5.74, 6) is -0.789. The van der Waals surface area contributed by atoms with Crippen molar-refractivity contribution in [3.8, 4) is 5.75 Å². The highest BCUT2D eigenvalue weighted by Crippen LogP contribution is 2.28. The predicted octanol–water partition coefficient (Wildman–Crippen LogP) is 3.63. The number of amides is 1. The molecule has 2 aromatic carbocycles. The lowest BCUT2D eigenvalue weighted by molar-refractivity contribution is 0.102. The van der Waals surface area contributed by atoms with Crippen LogP contribution in [0.25, 0.3) is 0 Å². The average molecular weight is 350 g/mol. The van der Waals surface area contributed by atoms with Gasteiger partial charge in [0.2, 0.25) is 0 Å². The van der Waals surface area contributed by atoms with Crippen molar-refractivity contribution in [2.45, 2.75) is 0 Å². The van der Waals surface area contributed by atoms with Gasteiger partial charge in [0.05, 0.1) is 18.4 Å². The topological polar surface area (TPSA) is 65.4 Å². The number of hydrogen-bond donors (Lipinski definition) is 2. The van der Waals surface area contributed by atoms with E-state index in [1.54, 1.807) is 37.2 Å². The number of ether oxygens (including phenoxy) is 1. The molecule has 126 valence electrons. The summed E-state index contributed by atoms with van der Waals surface area (Å²) in [5.41, 5.74) is 0.650. The van der Waals surface area contributed by atoms with Crippen LogP contribution < -0.4 is 10.1 Å². The fraction of sp³-hybridized carbons (Fsp3) is 0.176. The highest BCUT2D eigenvalue weighted by Gasteiger charge is 2.16. The maximum atomic E-state index is 14.2. The van der Waals surface area contributed by atoms with Crippen LogP contribution in [0.15, 0.2) is 36.4 Å². The summed E-state index contributed by atoms with van der Waals surface area (Å²) in [6, 6.07) is 8.76. The molecule has 5 nitrogen and oxygen atoms in total. The summed E-state index contributed by atoms with van der Waals surface area (Å²) in [7, 11) is 4.82. The van der Waals surface area contributed by atoms with Crippen molar-refractivity contribution in [1.29, 1.82) is 5.41 Å². The molecule has 2 N–H and O–H groups in total. The van der Waals surface area contributed by atoms with Crippen molar-refractivity contribution >= 4 is 29.0 Å². The zero-order valence-electron chi connectivity index (χ0n) is 13.5. The predicted molar refractivity (Wildman–Crippen MR) is 92.9 cm³/mol. The smallest absolute Gasteiger partial charge is 0.258 e. The number of benzene rings is 2. The number of carbonyl (C=O) groups excluding carboxylic acids is 1. The number of amidine groups is 1. The molecule has 0 saturated heterocycles. The number of halogens is 2. The molecule has 0 aliphatic heterocycles. The highest BCUT2D eigenvalue weighted by molar-refractivity contribution is 6.30. The molecule has 24 heavy (non-hydrogen) atoms. The second-order valence-corrected chi connectivity index (χ2v) is 5.67. The third kappa shape index (κ3) is 3.83. The lowest BCUT2D eigenvalue weighted by Crippen LogP contribution is -2.22. The third-order valence-corrected chi connectivity index (χ3v) is 3.58. The maximum absolute atomic E-state index is 14.2. The third-order valence-electron chi connectivity index (χ3n) is 3.35. The van der Waals surface area contributed by atoms with E-state index in [1.807, 2.05) is 0 Å². The number of methoxy groups -OCH3 is 1. The van der Waals surface area contributed by atoms with Gasteiger partial charge >= 0.3 is 0 Å². The second kappa shape index (κ2) is 7.31. The summed E-state index contributed by atoms with van der Waals surface area (Å²) in [5, 5.41) is 10.9. The van der Waals surface area contributed by atoms with Gasteiger partial charge in [-0.25, -0.2) is 4.39 Å². The van der Waals surface area contributed by atoms with Gasteiger partial charge in [0, 0.05) is 30.7 Å². The molecule has 0 spiro atoms. The Morgan fingerprint density at radius 1 is 1.25 bits per heavy atom. The highest BCUT2D eigenvalue weighted by atomic mass is 35.5. The molecule has 0 heterocycles. The Labute approximate surface area is 144 Å². The van der Waals surface area contributed by atoms with Gasteiger partial charge in [-0.1, -0.05) is 17.7 Å². The van der Waals surface area contributed by atoms with E-state index in [-0.39, 0.29) is 11.4 Å². The minimum atomic E-state index is -0.704. The van der Waals surface area contributed by atoms with E-state index in [2.05, 4.69) is 5.32 Å². The van der Waals surface area contributed by atoms with E-state index in [0.29, 0.717) is 22.0 Å². The Hall–Kier alpha value is -2.60. The van der Waals surface area contributed by atoms with Gasteiger partial charge in [-0.05, 0) is 24.3 Å². The molecule has 2 rings (SSSR count). The molecule has 0 unspecified atom stereocenters. The van der Waals surface area contributed by atoms with Crippen molar-refractivity contribution in [2.75, 3.05) is 26.5 Å². The number of rotatable bonds is 4. The monoisotopic (exact) mass is 349 g/mol. The van der Waals surface area contributed by atoms with E-state index in [4.69, 9.17) is 21.7 Å². The van der Waals surface area contributed by atoms with Crippen LogP contribution in [0.3, 0.4) is 0 Å². The van der Waals surface area contributed by atoms with Gasteiger partial charge in [0.25, 0.3) is 5.91 Å². The lowest BCUT2D eigenvalue weighted by atomic mass is 10.1. The Kier molecular flexibility index (Phi) is 5.41. The summed E-state index contributed by atoms with van der Waals surface area (Å²) in [6.45, 7) is 0. The summed E-state index contributed by atoms with van der Waals surface area (Å²) >= 11 is 5.87. The van der Waals surface area contributed by atoms with Crippen LogP contribution in [0.1, 0.15) is 15.9 Å². The molecule has 0 aliphatic rings. The van der Waals surface area contributed by atoms with Gasteiger partial charge in [0.15, 0.2) is 0 Å². The average Bonchev–Trinajstić information content (AvgIpc) is 2.55. The minimum absolute atomic E-state index is 0.123. The quantitative estimate of drug-likeness (QED) is 0.654. The van der Waals surface area contributed by atoms with Crippen LogP contribution in [0.2, 0.25) is 5.02 Å². The Morgan fingerprint density at radius 2 is 1.96 bits per heavy atom. The molecule has 0 fully saturated rings. The first-order valence-electron chi connectivity index (χ1n) is 7.04. The molecule has 0 bridgehead atoms. The van der Waals surface area contributed by atoms with Crippen molar-refractivity contribution < 1.29 is 13.9 Å². The van der Waals surface area contributed by atoms with E-state index in [9.17, 15) is 9.18 Å². The fourth-order valence-corrected chi connectivity index (χ4v) is 2.22. The maximum Gasteiger partial charge on any atom is 0.258 e. The van der Waals surface area contributed by atoms with Gasteiger partial charge in [-0.15, -0.1) is 0 Å². The van der Waals surface area contributed by atoms with Crippen molar-refractivity contribution in [3.05, 3.63) is 58.4 Å². The molecule has 1 amide bonds. The Balaban J connectivity index is 2.26. The SMILES string of the molecule is COc1cc(Cl)ccc1NC(=O)c1ccc(C(=N)N(C)C)cc1F. The fourth-order valence-electron chi connectivity index (χ4n) is 2.06. The first-order chi connectivity index (χ1) is 11.3. The van der Waals surface area contributed by atoms with Crippen molar-refractivity contribution in [1.82, 2.24) is 4.90 Å². The van der Waals surface area contributed by atoms with Gasteiger partial charge in [0.1, 0.15) is 17.4 Å². The molecule has 0 aliphatic carbocycles. The second-order valence-electron chi connectivity index (χ2n) is 5.24. The van der Waals surface area contributed by atoms with Gasteiger partial charge < -0.3 is 15.0 Å². The molecule has 0 atom stereocenters. The Bertz CT molecular complexity index is 793. The standard InChI is InChI=1S/C17H17ClFN3O2/c1-22(2)16(20)10-4-6-12(13(19)8-10)17(23)21-14-7-5-11(18)9-15(14)24-3/h4-9,20H,1-3H3,(H,21,23). The zero-order chi connectivity index (χ0) is 17.9. The molecule has 7 heteroatoms. The van der Waals surface area contributed by atoms with Crippen LogP contribution in [-0.2, 0) is 0 Å².